The first-order valence-corrected chi connectivity index (χ1v) is 5.56. The molecular weight excluding hydrogens is 192 g/mol. The van der Waals surface area contributed by atoms with Crippen molar-refractivity contribution in [2.45, 2.75) is 9.79 Å². The minimum absolute atomic E-state index is 0.278. The lowest BCUT2D eigenvalue weighted by Gasteiger charge is -2.16. The van der Waals surface area contributed by atoms with Gasteiger partial charge in [-0.2, -0.15) is 0 Å². The fourth-order valence-electron chi connectivity index (χ4n) is 1.11. The van der Waals surface area contributed by atoms with E-state index in [0.29, 0.717) is 0 Å². The van der Waals surface area contributed by atoms with Crippen LogP contribution in [-0.4, -0.2) is 21.7 Å². The molecule has 64 valence electrons. The Labute approximate surface area is 79.0 Å². The van der Waals surface area contributed by atoms with Crippen LogP contribution in [0.3, 0.4) is 0 Å². The minimum atomic E-state index is 0.278. The minimum Gasteiger partial charge on any atom is -0.507 e. The molecule has 0 saturated carbocycles. The quantitative estimate of drug-likeness (QED) is 0.630. The zero-order chi connectivity index (χ0) is 8.55. The summed E-state index contributed by atoms with van der Waals surface area (Å²) in [5.41, 5.74) is 0. The second kappa shape index (κ2) is 3.11. The first-order chi connectivity index (χ1) is 5.79. The topological polar surface area (TPSA) is 40.5 Å². The number of phenolic OH excluding ortho intramolecular Hbond substituents is 2. The Kier molecular flexibility index (Phi) is 2.11. The summed E-state index contributed by atoms with van der Waals surface area (Å²) in [6.45, 7) is 0. The predicted octanol–water partition coefficient (Wildman–Crippen LogP) is 2.30. The van der Waals surface area contributed by atoms with Crippen LogP contribution in [0.2, 0.25) is 0 Å². The van der Waals surface area contributed by atoms with Crippen LogP contribution in [0.25, 0.3) is 0 Å². The van der Waals surface area contributed by atoms with Gasteiger partial charge in [-0.15, -0.1) is 23.5 Å². The van der Waals surface area contributed by atoms with Crippen molar-refractivity contribution in [1.82, 2.24) is 0 Å². The van der Waals surface area contributed by atoms with Crippen LogP contribution in [0.15, 0.2) is 21.9 Å². The molecule has 2 nitrogen and oxygen atoms in total. The van der Waals surface area contributed by atoms with E-state index >= 15 is 0 Å². The molecule has 0 aromatic heterocycles. The summed E-state index contributed by atoms with van der Waals surface area (Å²) in [5.74, 6) is 2.54. The highest BCUT2D eigenvalue weighted by atomic mass is 32.2. The van der Waals surface area contributed by atoms with Crippen molar-refractivity contribution in [3.63, 3.8) is 0 Å². The van der Waals surface area contributed by atoms with Crippen LogP contribution in [0.1, 0.15) is 0 Å². The van der Waals surface area contributed by atoms with Gasteiger partial charge in [-0.05, 0) is 12.1 Å². The Balaban J connectivity index is 2.57. The summed E-state index contributed by atoms with van der Waals surface area (Å²) in [6, 6.07) is 3.07. The third-order valence-corrected chi connectivity index (χ3v) is 4.25. The molecule has 0 bridgehead atoms. The van der Waals surface area contributed by atoms with Gasteiger partial charge >= 0.3 is 0 Å². The molecular formula is C8H8O2S2. The van der Waals surface area contributed by atoms with Crippen LogP contribution in [0.5, 0.6) is 11.5 Å². The van der Waals surface area contributed by atoms with Gasteiger partial charge in [0.15, 0.2) is 0 Å². The summed E-state index contributed by atoms with van der Waals surface area (Å²) in [6.07, 6.45) is 0. The SMILES string of the molecule is Oc1ccc(O)c2c1SCCS2. The number of rotatable bonds is 0. The van der Waals surface area contributed by atoms with Crippen LogP contribution >= 0.6 is 23.5 Å². The number of benzene rings is 1. The first kappa shape index (κ1) is 8.13. The van der Waals surface area contributed by atoms with Gasteiger partial charge in [0.25, 0.3) is 0 Å². The average molecular weight is 200 g/mol. The molecule has 0 spiro atoms. The van der Waals surface area contributed by atoms with E-state index in [1.54, 1.807) is 23.5 Å². The predicted molar refractivity (Wildman–Crippen MR) is 51.2 cm³/mol. The first-order valence-electron chi connectivity index (χ1n) is 3.59. The molecule has 1 aromatic carbocycles. The van der Waals surface area contributed by atoms with Gasteiger partial charge in [0.05, 0.1) is 9.79 Å². The van der Waals surface area contributed by atoms with Gasteiger partial charge in [0.1, 0.15) is 11.5 Å². The maximum atomic E-state index is 9.44. The van der Waals surface area contributed by atoms with E-state index in [1.165, 1.54) is 12.1 Å². The second-order valence-corrected chi connectivity index (χ2v) is 4.67. The molecule has 0 atom stereocenters. The molecule has 0 saturated heterocycles. The largest absolute Gasteiger partial charge is 0.507 e. The molecule has 4 heteroatoms. The Morgan fingerprint density at radius 1 is 0.917 bits per heavy atom. The number of phenols is 2. The molecule has 0 amide bonds. The van der Waals surface area contributed by atoms with E-state index in [4.69, 9.17) is 0 Å². The molecule has 2 N–H and O–H groups in total. The maximum absolute atomic E-state index is 9.44. The summed E-state index contributed by atoms with van der Waals surface area (Å²) in [7, 11) is 0. The van der Waals surface area contributed by atoms with Crippen molar-refractivity contribution >= 4 is 23.5 Å². The Morgan fingerprint density at radius 2 is 1.33 bits per heavy atom. The lowest BCUT2D eigenvalue weighted by molar-refractivity contribution is 0.435. The normalized spacial score (nSPS) is 15.7. The van der Waals surface area contributed by atoms with E-state index in [-0.39, 0.29) is 11.5 Å². The Hall–Kier alpha value is -0.480. The highest BCUT2D eigenvalue weighted by molar-refractivity contribution is 8.05. The smallest absolute Gasteiger partial charge is 0.130 e. The number of fused-ring (bicyclic) bond motifs is 1. The van der Waals surface area contributed by atoms with Crippen molar-refractivity contribution in [3.8, 4) is 11.5 Å². The second-order valence-electron chi connectivity index (χ2n) is 2.46. The zero-order valence-electron chi connectivity index (χ0n) is 6.28. The maximum Gasteiger partial charge on any atom is 0.130 e. The number of hydrogen-bond acceptors (Lipinski definition) is 4. The van der Waals surface area contributed by atoms with Crippen LogP contribution < -0.4 is 0 Å². The third-order valence-electron chi connectivity index (χ3n) is 1.65. The van der Waals surface area contributed by atoms with Crippen molar-refractivity contribution in [2.75, 3.05) is 11.5 Å². The average Bonchev–Trinajstić information content (AvgIpc) is 2.12. The van der Waals surface area contributed by atoms with Crippen molar-refractivity contribution in [3.05, 3.63) is 12.1 Å². The van der Waals surface area contributed by atoms with Gasteiger partial charge in [0, 0.05) is 11.5 Å². The molecule has 1 aliphatic rings. The molecule has 1 aromatic rings. The van der Waals surface area contributed by atoms with Crippen LogP contribution in [-0.2, 0) is 0 Å². The van der Waals surface area contributed by atoms with Gasteiger partial charge in [-0.25, -0.2) is 0 Å². The molecule has 0 fully saturated rings. The lowest BCUT2D eigenvalue weighted by Crippen LogP contribution is -1.94. The fourth-order valence-corrected chi connectivity index (χ4v) is 3.44. The summed E-state index contributed by atoms with van der Waals surface area (Å²) < 4.78 is 0. The highest BCUT2D eigenvalue weighted by Crippen LogP contribution is 2.46. The van der Waals surface area contributed by atoms with Gasteiger partial charge in [-0.1, -0.05) is 0 Å². The van der Waals surface area contributed by atoms with E-state index in [0.717, 1.165) is 21.3 Å². The number of hydrogen-bond donors (Lipinski definition) is 2. The number of aromatic hydroxyl groups is 2. The van der Waals surface area contributed by atoms with Gasteiger partial charge in [-0.3, -0.25) is 0 Å². The summed E-state index contributed by atoms with van der Waals surface area (Å²) >= 11 is 3.20. The van der Waals surface area contributed by atoms with E-state index in [2.05, 4.69) is 0 Å². The monoisotopic (exact) mass is 200 g/mol. The van der Waals surface area contributed by atoms with Crippen molar-refractivity contribution < 1.29 is 10.2 Å². The number of thioether (sulfide) groups is 2. The van der Waals surface area contributed by atoms with E-state index in [1.807, 2.05) is 0 Å². The van der Waals surface area contributed by atoms with E-state index < -0.39 is 0 Å². The van der Waals surface area contributed by atoms with Crippen molar-refractivity contribution in [1.29, 1.82) is 0 Å². The van der Waals surface area contributed by atoms with Gasteiger partial charge < -0.3 is 10.2 Å². The Bertz CT molecular complexity index is 281. The highest BCUT2D eigenvalue weighted by Gasteiger charge is 2.17. The molecule has 1 heterocycles. The van der Waals surface area contributed by atoms with Crippen molar-refractivity contribution in [2.24, 2.45) is 0 Å². The fraction of sp³-hybridized carbons (Fsp3) is 0.250. The third kappa shape index (κ3) is 1.25. The van der Waals surface area contributed by atoms with Gasteiger partial charge in [0.2, 0.25) is 0 Å². The molecule has 0 aliphatic carbocycles. The van der Waals surface area contributed by atoms with Crippen LogP contribution in [0, 0.1) is 0 Å². The molecule has 1 aliphatic heterocycles. The van der Waals surface area contributed by atoms with E-state index in [9.17, 15) is 10.2 Å². The Morgan fingerprint density at radius 3 is 1.75 bits per heavy atom. The zero-order valence-corrected chi connectivity index (χ0v) is 7.91. The summed E-state index contributed by atoms with van der Waals surface area (Å²) in [4.78, 5) is 1.65. The van der Waals surface area contributed by atoms with Crippen LogP contribution in [0.4, 0.5) is 0 Å². The standard InChI is InChI=1S/C8H8O2S2/c9-5-1-2-6(10)8-7(5)11-3-4-12-8/h1-2,9-10H,3-4H2. The lowest BCUT2D eigenvalue weighted by atomic mass is 10.3. The molecule has 0 radical (unpaired) electrons. The molecule has 2 rings (SSSR count). The molecule has 0 unspecified atom stereocenters. The summed E-state index contributed by atoms with van der Waals surface area (Å²) in [5, 5.41) is 18.9. The molecule has 12 heavy (non-hydrogen) atoms.